The summed E-state index contributed by atoms with van der Waals surface area (Å²) in [5.74, 6) is 0.759. The van der Waals surface area contributed by atoms with Gasteiger partial charge in [0.1, 0.15) is 0 Å². The van der Waals surface area contributed by atoms with Crippen molar-refractivity contribution in [3.05, 3.63) is 42.2 Å². The molecule has 5 heteroatoms. The van der Waals surface area contributed by atoms with Gasteiger partial charge in [-0.3, -0.25) is 0 Å². The van der Waals surface area contributed by atoms with E-state index in [9.17, 15) is 4.79 Å². The molecule has 3 aliphatic heterocycles. The summed E-state index contributed by atoms with van der Waals surface area (Å²) in [4.78, 5) is 15.0. The van der Waals surface area contributed by atoms with Gasteiger partial charge in [-0.15, -0.1) is 0 Å². The number of aryl methyl sites for hydroxylation is 1. The topological polar surface area (TPSA) is 50.2 Å². The zero-order valence-corrected chi connectivity index (χ0v) is 14.1. The standard InChI is InChI=1S/C19H24N4O/c1-14-3-2-4-16(9-14)17-11-20-23(12-17)19(24)21-18-10-15-5-7-22(13-18)8-6-15/h2-4,9,11-12,15,18H,5-8,10,13H2,1H3,(H,21,24). The molecule has 0 radical (unpaired) electrons. The van der Waals surface area contributed by atoms with Crippen LogP contribution in [-0.4, -0.2) is 46.4 Å². The third-order valence-electron chi connectivity index (χ3n) is 5.27. The number of benzene rings is 1. The van der Waals surface area contributed by atoms with Crippen molar-refractivity contribution in [2.45, 2.75) is 32.2 Å². The van der Waals surface area contributed by atoms with Crippen LogP contribution in [0.4, 0.5) is 4.79 Å². The number of nitrogens with zero attached hydrogens (tertiary/aromatic N) is 3. The summed E-state index contributed by atoms with van der Waals surface area (Å²) < 4.78 is 1.43. The molecule has 1 aromatic heterocycles. The Morgan fingerprint density at radius 2 is 2.08 bits per heavy atom. The number of nitrogens with one attached hydrogen (secondary N) is 1. The summed E-state index contributed by atoms with van der Waals surface area (Å²) in [6, 6.07) is 8.35. The molecular formula is C19H24N4O. The molecule has 2 aromatic rings. The molecule has 24 heavy (non-hydrogen) atoms. The van der Waals surface area contributed by atoms with Gasteiger partial charge in [0, 0.05) is 24.3 Å². The number of piperidine rings is 1. The summed E-state index contributed by atoms with van der Waals surface area (Å²) in [7, 11) is 0. The highest BCUT2D eigenvalue weighted by Gasteiger charge is 2.30. The lowest BCUT2D eigenvalue weighted by Crippen LogP contribution is -2.43. The quantitative estimate of drug-likeness (QED) is 0.924. The van der Waals surface area contributed by atoms with E-state index in [0.717, 1.165) is 30.0 Å². The fourth-order valence-corrected chi connectivity index (χ4v) is 3.95. The Bertz CT molecular complexity index is 716. The minimum absolute atomic E-state index is 0.124. The molecule has 126 valence electrons. The number of hydrogen-bond acceptors (Lipinski definition) is 3. The fourth-order valence-electron chi connectivity index (χ4n) is 3.95. The Hall–Kier alpha value is -2.14. The van der Waals surface area contributed by atoms with E-state index in [1.807, 2.05) is 18.3 Å². The van der Waals surface area contributed by atoms with Crippen molar-refractivity contribution in [2.75, 3.05) is 19.6 Å². The Kier molecular flexibility index (Phi) is 4.10. The average molecular weight is 324 g/mol. The van der Waals surface area contributed by atoms with E-state index < -0.39 is 0 Å². The summed E-state index contributed by atoms with van der Waals surface area (Å²) >= 11 is 0. The lowest BCUT2D eigenvalue weighted by atomic mass is 9.94. The number of rotatable bonds is 2. The van der Waals surface area contributed by atoms with Gasteiger partial charge in [0.05, 0.1) is 6.20 Å². The van der Waals surface area contributed by atoms with Crippen LogP contribution in [0.5, 0.6) is 0 Å². The summed E-state index contributed by atoms with van der Waals surface area (Å²) in [6.45, 7) is 5.39. The minimum Gasteiger partial charge on any atom is -0.332 e. The number of carbonyl (C=O) groups is 1. The van der Waals surface area contributed by atoms with Gasteiger partial charge in [-0.25, -0.2) is 4.79 Å². The predicted molar refractivity (Wildman–Crippen MR) is 93.9 cm³/mol. The second-order valence-electron chi connectivity index (χ2n) is 7.17. The number of amides is 1. The SMILES string of the molecule is Cc1cccc(-c2cnn(C(=O)NC3CC4CCN(CC4)C3)c2)c1. The van der Waals surface area contributed by atoms with E-state index in [2.05, 4.69) is 34.4 Å². The number of carbonyl (C=O) groups excluding carboxylic acids is 1. The second kappa shape index (κ2) is 6.40. The fraction of sp³-hybridized carbons (Fsp3) is 0.474. The monoisotopic (exact) mass is 324 g/mol. The van der Waals surface area contributed by atoms with Crippen LogP contribution in [-0.2, 0) is 0 Å². The summed E-state index contributed by atoms with van der Waals surface area (Å²) in [6.07, 6.45) is 7.20. The van der Waals surface area contributed by atoms with Crippen molar-refractivity contribution in [3.63, 3.8) is 0 Å². The number of hydrogen-bond donors (Lipinski definition) is 1. The van der Waals surface area contributed by atoms with Gasteiger partial charge in [0.2, 0.25) is 0 Å². The van der Waals surface area contributed by atoms with Gasteiger partial charge < -0.3 is 10.2 Å². The van der Waals surface area contributed by atoms with E-state index >= 15 is 0 Å². The first-order valence-corrected chi connectivity index (χ1v) is 8.82. The third kappa shape index (κ3) is 3.22. The zero-order valence-electron chi connectivity index (χ0n) is 14.1. The molecule has 1 atom stereocenters. The lowest BCUT2D eigenvalue weighted by Gasteiger charge is -2.26. The molecule has 1 unspecified atom stereocenters. The van der Waals surface area contributed by atoms with Gasteiger partial charge >= 0.3 is 6.03 Å². The molecule has 3 fully saturated rings. The molecule has 5 rings (SSSR count). The van der Waals surface area contributed by atoms with Crippen LogP contribution in [0, 0.1) is 12.8 Å². The first-order chi connectivity index (χ1) is 11.7. The van der Waals surface area contributed by atoms with Crippen molar-refractivity contribution in [1.82, 2.24) is 20.0 Å². The van der Waals surface area contributed by atoms with Gasteiger partial charge in [0.15, 0.2) is 0 Å². The molecule has 3 saturated heterocycles. The lowest BCUT2D eigenvalue weighted by molar-refractivity contribution is 0.216. The molecule has 5 nitrogen and oxygen atoms in total. The van der Waals surface area contributed by atoms with Gasteiger partial charge in [0.25, 0.3) is 0 Å². The zero-order chi connectivity index (χ0) is 16.5. The van der Waals surface area contributed by atoms with Crippen LogP contribution in [0.1, 0.15) is 24.8 Å². The Balaban J connectivity index is 1.45. The predicted octanol–water partition coefficient (Wildman–Crippen LogP) is 2.90. The van der Waals surface area contributed by atoms with E-state index in [0.29, 0.717) is 0 Å². The van der Waals surface area contributed by atoms with Gasteiger partial charge in [-0.05, 0) is 50.8 Å². The third-order valence-corrected chi connectivity index (χ3v) is 5.27. The maximum Gasteiger partial charge on any atom is 0.342 e. The molecule has 4 heterocycles. The van der Waals surface area contributed by atoms with E-state index in [1.54, 1.807) is 6.20 Å². The molecule has 2 bridgehead atoms. The number of fused-ring (bicyclic) bond motifs is 4. The highest BCUT2D eigenvalue weighted by Crippen LogP contribution is 2.26. The van der Waals surface area contributed by atoms with Gasteiger partial charge in [-0.1, -0.05) is 29.8 Å². The van der Waals surface area contributed by atoms with Crippen LogP contribution >= 0.6 is 0 Å². The highest BCUT2D eigenvalue weighted by atomic mass is 16.2. The van der Waals surface area contributed by atoms with Crippen LogP contribution < -0.4 is 5.32 Å². The van der Waals surface area contributed by atoms with E-state index in [4.69, 9.17) is 0 Å². The first kappa shape index (κ1) is 15.4. The molecule has 3 aliphatic rings. The van der Waals surface area contributed by atoms with Gasteiger partial charge in [-0.2, -0.15) is 9.78 Å². The molecule has 0 aliphatic carbocycles. The second-order valence-corrected chi connectivity index (χ2v) is 7.17. The van der Waals surface area contributed by atoms with Crippen LogP contribution in [0.3, 0.4) is 0 Å². The van der Waals surface area contributed by atoms with E-state index in [1.165, 1.54) is 36.2 Å². The molecule has 0 saturated carbocycles. The maximum atomic E-state index is 12.5. The van der Waals surface area contributed by atoms with Crippen LogP contribution in [0.15, 0.2) is 36.7 Å². The molecule has 1 amide bonds. The smallest absolute Gasteiger partial charge is 0.332 e. The van der Waals surface area contributed by atoms with Crippen molar-refractivity contribution < 1.29 is 4.79 Å². The largest absolute Gasteiger partial charge is 0.342 e. The van der Waals surface area contributed by atoms with E-state index in [-0.39, 0.29) is 12.1 Å². The first-order valence-electron chi connectivity index (χ1n) is 8.82. The van der Waals surface area contributed by atoms with Crippen molar-refractivity contribution >= 4 is 6.03 Å². The molecular weight excluding hydrogens is 300 g/mol. The van der Waals surface area contributed by atoms with Crippen LogP contribution in [0.2, 0.25) is 0 Å². The Labute approximate surface area is 142 Å². The normalized spacial score (nSPS) is 26.1. The Morgan fingerprint density at radius 3 is 2.88 bits per heavy atom. The molecule has 0 spiro atoms. The highest BCUT2D eigenvalue weighted by molar-refractivity contribution is 5.77. The summed E-state index contributed by atoms with van der Waals surface area (Å²) in [5.41, 5.74) is 3.26. The maximum absolute atomic E-state index is 12.5. The van der Waals surface area contributed by atoms with Crippen molar-refractivity contribution in [1.29, 1.82) is 0 Å². The minimum atomic E-state index is -0.124. The van der Waals surface area contributed by atoms with Crippen molar-refractivity contribution in [2.24, 2.45) is 5.92 Å². The van der Waals surface area contributed by atoms with Crippen molar-refractivity contribution in [3.8, 4) is 11.1 Å². The van der Waals surface area contributed by atoms with Crippen LogP contribution in [0.25, 0.3) is 11.1 Å². The summed E-state index contributed by atoms with van der Waals surface area (Å²) in [5, 5.41) is 7.43. The molecule has 1 N–H and O–H groups in total. The average Bonchev–Trinajstić information content (AvgIpc) is 2.90. The molecule has 1 aromatic carbocycles. The Morgan fingerprint density at radius 1 is 1.25 bits per heavy atom. The number of aromatic nitrogens is 2.